The van der Waals surface area contributed by atoms with Crippen LogP contribution >= 0.6 is 0 Å². The molecule has 0 radical (unpaired) electrons. The van der Waals surface area contributed by atoms with E-state index in [1.807, 2.05) is 30.3 Å². The lowest BCUT2D eigenvalue weighted by Gasteiger charge is -2.29. The number of ketones is 2. The third kappa shape index (κ3) is 7.98. The molecule has 5 rings (SSSR count). The van der Waals surface area contributed by atoms with Crippen LogP contribution in [0.3, 0.4) is 0 Å². The number of nitrogens with one attached hydrogen (secondary N) is 2. The van der Waals surface area contributed by atoms with Gasteiger partial charge in [-0.1, -0.05) is 58.0 Å². The van der Waals surface area contributed by atoms with Crippen molar-refractivity contribution in [2.45, 2.75) is 84.2 Å². The smallest absolute Gasteiger partial charge is 0.345 e. The fraction of sp³-hybridized carbons (Fsp3) is 0.613. The zero-order chi connectivity index (χ0) is 32.8. The van der Waals surface area contributed by atoms with Crippen molar-refractivity contribution in [3.05, 3.63) is 35.9 Å². The Morgan fingerprint density at radius 3 is 1.80 bits per heavy atom. The van der Waals surface area contributed by atoms with Crippen LogP contribution in [0.15, 0.2) is 30.3 Å². The summed E-state index contributed by atoms with van der Waals surface area (Å²) in [6, 6.07) is 7.47. The van der Waals surface area contributed by atoms with Gasteiger partial charge in [-0.3, -0.25) is 29.2 Å². The van der Waals surface area contributed by atoms with Gasteiger partial charge >= 0.3 is 12.1 Å². The summed E-state index contributed by atoms with van der Waals surface area (Å²) < 4.78 is 0. The summed E-state index contributed by atoms with van der Waals surface area (Å²) >= 11 is 0. The SMILES string of the molecule is CC(C)C(=O)CNC(=O)[C@@H]1CC[C@@H]2CN1C(=O)N2O.CC(C)C(=O)CNC(=O)[C@@H]1CC[C@@H]2CN1C(=O)N2OCc1ccccc1. The van der Waals surface area contributed by atoms with Crippen molar-refractivity contribution in [3.63, 3.8) is 0 Å². The summed E-state index contributed by atoms with van der Waals surface area (Å²) in [7, 11) is 0. The maximum Gasteiger partial charge on any atom is 0.345 e. The molecular weight excluding hydrogens is 584 g/mol. The van der Waals surface area contributed by atoms with Gasteiger partial charge in [0.1, 0.15) is 18.7 Å². The number of nitrogens with zero attached hydrogens (tertiary/aromatic N) is 4. The second-order valence-electron chi connectivity index (χ2n) is 12.5. The van der Waals surface area contributed by atoms with E-state index in [1.54, 1.807) is 32.6 Å². The van der Waals surface area contributed by atoms with E-state index >= 15 is 0 Å². The van der Waals surface area contributed by atoms with Gasteiger partial charge in [-0.25, -0.2) is 14.7 Å². The van der Waals surface area contributed by atoms with Crippen LogP contribution in [0.5, 0.6) is 0 Å². The second kappa shape index (κ2) is 14.8. The van der Waals surface area contributed by atoms with E-state index in [0.29, 0.717) is 50.4 Å². The number of hydrogen-bond donors (Lipinski definition) is 3. The Balaban J connectivity index is 0.000000215. The predicted octanol–water partition coefficient (Wildman–Crippen LogP) is 1.71. The Labute approximate surface area is 262 Å². The number of urea groups is 2. The van der Waals surface area contributed by atoms with Crippen molar-refractivity contribution < 1.29 is 38.8 Å². The van der Waals surface area contributed by atoms with Crippen molar-refractivity contribution in [1.82, 2.24) is 30.6 Å². The molecule has 14 nitrogen and oxygen atoms in total. The van der Waals surface area contributed by atoms with E-state index in [-0.39, 0.29) is 66.4 Å². The van der Waals surface area contributed by atoms with Crippen molar-refractivity contribution in [1.29, 1.82) is 0 Å². The molecule has 1 aromatic rings. The van der Waals surface area contributed by atoms with Crippen LogP contribution in [0.25, 0.3) is 0 Å². The number of amides is 6. The predicted molar refractivity (Wildman–Crippen MR) is 160 cm³/mol. The lowest BCUT2D eigenvalue weighted by atomic mass is 10.00. The monoisotopic (exact) mass is 628 g/mol. The number of hydrogen-bond acceptors (Lipinski definition) is 8. The minimum Gasteiger partial charge on any atom is -0.347 e. The summed E-state index contributed by atoms with van der Waals surface area (Å²) in [6.07, 6.45) is 2.38. The quantitative estimate of drug-likeness (QED) is 0.311. The van der Waals surface area contributed by atoms with Crippen LogP contribution in [0, 0.1) is 11.8 Å². The van der Waals surface area contributed by atoms with Crippen molar-refractivity contribution in [3.8, 4) is 0 Å². The summed E-state index contributed by atoms with van der Waals surface area (Å²) in [6.45, 7) is 8.29. The van der Waals surface area contributed by atoms with Gasteiger partial charge in [0.15, 0.2) is 11.6 Å². The van der Waals surface area contributed by atoms with Gasteiger partial charge in [0.05, 0.1) is 25.2 Å². The molecule has 0 unspecified atom stereocenters. The van der Waals surface area contributed by atoms with Gasteiger partial charge < -0.3 is 20.4 Å². The highest BCUT2D eigenvalue weighted by Crippen LogP contribution is 2.31. The Morgan fingerprint density at radius 1 is 0.778 bits per heavy atom. The highest BCUT2D eigenvalue weighted by Gasteiger charge is 2.48. The van der Waals surface area contributed by atoms with E-state index < -0.39 is 18.1 Å². The van der Waals surface area contributed by atoms with Crippen molar-refractivity contribution in [2.75, 3.05) is 26.2 Å². The Bertz CT molecular complexity index is 1270. The van der Waals surface area contributed by atoms with Crippen LogP contribution in [-0.4, -0.2) is 111 Å². The third-order valence-electron chi connectivity index (χ3n) is 8.65. The summed E-state index contributed by atoms with van der Waals surface area (Å²) in [5, 5.41) is 16.9. The molecule has 0 aromatic heterocycles. The Hall–Kier alpha value is -4.04. The number of fused-ring (bicyclic) bond motifs is 4. The molecule has 0 spiro atoms. The molecule has 4 atom stereocenters. The van der Waals surface area contributed by atoms with E-state index in [1.165, 1.54) is 9.96 Å². The maximum atomic E-state index is 12.6. The fourth-order valence-electron chi connectivity index (χ4n) is 5.70. The van der Waals surface area contributed by atoms with Gasteiger partial charge in [-0.15, -0.1) is 0 Å². The first kappa shape index (κ1) is 33.8. The zero-order valence-electron chi connectivity index (χ0n) is 26.3. The number of carbonyl (C=O) groups excluding carboxylic acids is 6. The normalized spacial score (nSPS) is 23.7. The highest BCUT2D eigenvalue weighted by molar-refractivity contribution is 5.93. The Morgan fingerprint density at radius 2 is 1.27 bits per heavy atom. The number of benzene rings is 1. The summed E-state index contributed by atoms with van der Waals surface area (Å²) in [5.41, 5.74) is 0.984. The molecule has 0 saturated carbocycles. The lowest BCUT2D eigenvalue weighted by molar-refractivity contribution is -0.140. The number of rotatable bonds is 11. The minimum atomic E-state index is -0.583. The topological polar surface area (TPSA) is 169 Å². The molecule has 4 aliphatic heterocycles. The lowest BCUT2D eigenvalue weighted by Crippen LogP contribution is -2.50. The van der Waals surface area contributed by atoms with Gasteiger partial charge in [0.25, 0.3) is 0 Å². The first-order chi connectivity index (χ1) is 21.4. The second-order valence-corrected chi connectivity index (χ2v) is 12.5. The van der Waals surface area contributed by atoms with Crippen molar-refractivity contribution >= 4 is 35.4 Å². The minimum absolute atomic E-state index is 0.00663. The molecule has 45 heavy (non-hydrogen) atoms. The molecule has 246 valence electrons. The first-order valence-electron chi connectivity index (χ1n) is 15.5. The molecule has 3 N–H and O–H groups in total. The van der Waals surface area contributed by atoms with E-state index in [2.05, 4.69) is 10.6 Å². The van der Waals surface area contributed by atoms with Crippen LogP contribution in [0.1, 0.15) is 58.9 Å². The van der Waals surface area contributed by atoms with Gasteiger partial charge in [0.2, 0.25) is 11.8 Å². The molecule has 1 aromatic carbocycles. The molecule has 0 aliphatic carbocycles. The molecule has 6 amide bonds. The van der Waals surface area contributed by atoms with Crippen LogP contribution in [-0.2, 0) is 30.6 Å². The molecular formula is C31H44N6O8. The molecule has 14 heteroatoms. The van der Waals surface area contributed by atoms with Gasteiger partial charge in [-0.05, 0) is 31.2 Å². The average molecular weight is 629 g/mol. The number of Topliss-reactive ketones (excluding diaryl/α,β-unsaturated/α-hetero) is 2. The summed E-state index contributed by atoms with van der Waals surface area (Å²) in [4.78, 5) is 80.6. The largest absolute Gasteiger partial charge is 0.347 e. The van der Waals surface area contributed by atoms with E-state index in [9.17, 15) is 34.0 Å². The fourth-order valence-corrected chi connectivity index (χ4v) is 5.70. The highest BCUT2D eigenvalue weighted by atomic mass is 16.7. The number of hydroxylamine groups is 4. The average Bonchev–Trinajstić information content (AvgIpc) is 3.40. The van der Waals surface area contributed by atoms with E-state index in [0.717, 1.165) is 5.56 Å². The Kier molecular flexibility index (Phi) is 11.2. The molecule has 4 heterocycles. The first-order valence-corrected chi connectivity index (χ1v) is 15.5. The van der Waals surface area contributed by atoms with Crippen LogP contribution < -0.4 is 10.6 Å². The molecule has 4 saturated heterocycles. The summed E-state index contributed by atoms with van der Waals surface area (Å²) in [5.74, 6) is -0.906. The van der Waals surface area contributed by atoms with Crippen LogP contribution in [0.4, 0.5) is 9.59 Å². The third-order valence-corrected chi connectivity index (χ3v) is 8.65. The van der Waals surface area contributed by atoms with Gasteiger partial charge in [-0.2, -0.15) is 5.06 Å². The zero-order valence-corrected chi connectivity index (χ0v) is 26.3. The molecule has 4 bridgehead atoms. The van der Waals surface area contributed by atoms with E-state index in [4.69, 9.17) is 4.84 Å². The molecule has 4 aliphatic rings. The van der Waals surface area contributed by atoms with Gasteiger partial charge in [0, 0.05) is 24.9 Å². The van der Waals surface area contributed by atoms with Crippen LogP contribution in [0.2, 0.25) is 0 Å². The molecule has 4 fully saturated rings. The standard InChI is InChI=1S/C19H25N3O4.C12H19N3O4/c1-13(2)17(23)10-20-18(24)16-9-8-15-11-21(16)19(25)22(15)26-12-14-6-4-3-5-7-14;1-7(2)10(16)5-13-11(17)9-4-3-8-6-14(9)12(18)15(8)19/h3-7,13,15-16H,8-12H2,1-2H3,(H,20,24);7-9,19H,3-6H2,1-2H3,(H,13,17)/t15-,16+;8-,9+/m11/s1. The number of piperidine rings is 2. The number of carbonyl (C=O) groups is 6. The maximum absolute atomic E-state index is 12.6. The van der Waals surface area contributed by atoms with Crippen molar-refractivity contribution in [2.24, 2.45) is 11.8 Å².